The molecule has 0 aromatic heterocycles. The Labute approximate surface area is 115 Å². The molecular formula is C15H15FO2S. The Bertz CT molecular complexity index is 584. The van der Waals surface area contributed by atoms with Crippen LogP contribution in [-0.2, 0) is 13.2 Å². The van der Waals surface area contributed by atoms with Crippen LogP contribution in [0.15, 0.2) is 46.2 Å². The second-order valence-electron chi connectivity index (χ2n) is 4.28. The Morgan fingerprint density at radius 2 is 1.68 bits per heavy atom. The molecule has 0 aliphatic heterocycles. The fourth-order valence-electron chi connectivity index (χ4n) is 1.78. The fourth-order valence-corrected chi connectivity index (χ4v) is 2.91. The molecule has 2 aromatic carbocycles. The van der Waals surface area contributed by atoms with Crippen molar-refractivity contribution >= 4 is 11.8 Å². The van der Waals surface area contributed by atoms with Crippen LogP contribution < -0.4 is 0 Å². The molecule has 0 bridgehead atoms. The van der Waals surface area contributed by atoms with Gasteiger partial charge in [0.05, 0.1) is 13.2 Å². The maximum Gasteiger partial charge on any atom is 0.123 e. The van der Waals surface area contributed by atoms with Crippen LogP contribution in [0.5, 0.6) is 0 Å². The van der Waals surface area contributed by atoms with Crippen molar-refractivity contribution in [1.82, 2.24) is 0 Å². The van der Waals surface area contributed by atoms with Crippen LogP contribution in [-0.4, -0.2) is 10.2 Å². The van der Waals surface area contributed by atoms with Crippen molar-refractivity contribution in [3.05, 3.63) is 58.9 Å². The maximum atomic E-state index is 13.1. The predicted octanol–water partition coefficient (Wildman–Crippen LogP) is 3.27. The molecule has 2 aromatic rings. The average Bonchev–Trinajstić information content (AvgIpc) is 2.41. The molecule has 0 radical (unpaired) electrons. The summed E-state index contributed by atoms with van der Waals surface area (Å²) in [6, 6.07) is 10.1. The summed E-state index contributed by atoms with van der Waals surface area (Å²) in [5, 5.41) is 18.6. The molecular weight excluding hydrogens is 263 g/mol. The van der Waals surface area contributed by atoms with E-state index < -0.39 is 0 Å². The standard InChI is InChI=1S/C15H15FO2S/c1-10-2-3-11(8-17)15(6-10)19-14-5-4-13(16)7-12(14)9-18/h2-7,17-18H,8-9H2,1H3. The van der Waals surface area contributed by atoms with E-state index in [1.807, 2.05) is 25.1 Å². The molecule has 0 heterocycles. The molecule has 0 aliphatic rings. The highest BCUT2D eigenvalue weighted by atomic mass is 32.2. The van der Waals surface area contributed by atoms with Gasteiger partial charge in [0.2, 0.25) is 0 Å². The first-order valence-electron chi connectivity index (χ1n) is 5.91. The molecule has 0 unspecified atom stereocenters. The van der Waals surface area contributed by atoms with E-state index in [4.69, 9.17) is 0 Å². The quantitative estimate of drug-likeness (QED) is 0.901. The third kappa shape index (κ3) is 3.35. The van der Waals surface area contributed by atoms with E-state index in [-0.39, 0.29) is 19.0 Å². The summed E-state index contributed by atoms with van der Waals surface area (Å²) in [7, 11) is 0. The zero-order valence-electron chi connectivity index (χ0n) is 10.6. The van der Waals surface area contributed by atoms with Gasteiger partial charge in [-0.3, -0.25) is 0 Å². The first kappa shape index (κ1) is 14.1. The Morgan fingerprint density at radius 3 is 2.37 bits per heavy atom. The third-order valence-corrected chi connectivity index (χ3v) is 4.02. The zero-order valence-corrected chi connectivity index (χ0v) is 11.4. The number of aliphatic hydroxyl groups is 2. The average molecular weight is 278 g/mol. The van der Waals surface area contributed by atoms with E-state index in [1.165, 1.54) is 23.9 Å². The molecule has 0 fully saturated rings. The van der Waals surface area contributed by atoms with Crippen molar-refractivity contribution in [3.63, 3.8) is 0 Å². The number of halogens is 1. The van der Waals surface area contributed by atoms with Crippen LogP contribution in [0.2, 0.25) is 0 Å². The van der Waals surface area contributed by atoms with E-state index in [2.05, 4.69) is 0 Å². The number of rotatable bonds is 4. The molecule has 4 heteroatoms. The summed E-state index contributed by atoms with van der Waals surface area (Å²) in [5.41, 5.74) is 2.46. The molecule has 2 N–H and O–H groups in total. The topological polar surface area (TPSA) is 40.5 Å². The highest BCUT2D eigenvalue weighted by Gasteiger charge is 2.09. The summed E-state index contributed by atoms with van der Waals surface area (Å²) in [6.07, 6.45) is 0. The van der Waals surface area contributed by atoms with Crippen LogP contribution in [0, 0.1) is 12.7 Å². The molecule has 0 spiro atoms. The Hall–Kier alpha value is -1.36. The lowest BCUT2D eigenvalue weighted by Gasteiger charge is -2.11. The second kappa shape index (κ2) is 6.19. The van der Waals surface area contributed by atoms with Gasteiger partial charge >= 0.3 is 0 Å². The minimum Gasteiger partial charge on any atom is -0.392 e. The van der Waals surface area contributed by atoms with Crippen molar-refractivity contribution in [2.24, 2.45) is 0 Å². The number of benzene rings is 2. The summed E-state index contributed by atoms with van der Waals surface area (Å²) < 4.78 is 13.1. The smallest absolute Gasteiger partial charge is 0.123 e. The van der Waals surface area contributed by atoms with Gasteiger partial charge in [-0.2, -0.15) is 0 Å². The first-order chi connectivity index (χ1) is 9.13. The predicted molar refractivity (Wildman–Crippen MR) is 73.5 cm³/mol. The molecule has 19 heavy (non-hydrogen) atoms. The van der Waals surface area contributed by atoms with Crippen LogP contribution in [0.3, 0.4) is 0 Å². The van der Waals surface area contributed by atoms with Crippen molar-refractivity contribution in [3.8, 4) is 0 Å². The number of aryl methyl sites for hydroxylation is 1. The molecule has 2 nitrogen and oxygen atoms in total. The molecule has 0 aliphatic carbocycles. The molecule has 100 valence electrons. The van der Waals surface area contributed by atoms with Gasteiger partial charge in [0.15, 0.2) is 0 Å². The van der Waals surface area contributed by atoms with Gasteiger partial charge in [-0.25, -0.2) is 4.39 Å². The van der Waals surface area contributed by atoms with Crippen LogP contribution >= 0.6 is 11.8 Å². The summed E-state index contributed by atoms with van der Waals surface area (Å²) >= 11 is 1.43. The van der Waals surface area contributed by atoms with Crippen molar-refractivity contribution in [1.29, 1.82) is 0 Å². The Balaban J connectivity index is 2.38. The van der Waals surface area contributed by atoms with Crippen molar-refractivity contribution in [2.75, 3.05) is 0 Å². The molecule has 0 saturated carbocycles. The monoisotopic (exact) mass is 278 g/mol. The lowest BCUT2D eigenvalue weighted by molar-refractivity contribution is 0.278. The second-order valence-corrected chi connectivity index (χ2v) is 5.37. The fraction of sp³-hybridized carbons (Fsp3) is 0.200. The lowest BCUT2D eigenvalue weighted by atomic mass is 10.2. The Kier molecular flexibility index (Phi) is 4.58. The van der Waals surface area contributed by atoms with E-state index >= 15 is 0 Å². The largest absolute Gasteiger partial charge is 0.392 e. The van der Waals surface area contributed by atoms with E-state index in [1.54, 1.807) is 6.07 Å². The van der Waals surface area contributed by atoms with Gasteiger partial charge in [-0.05, 0) is 47.9 Å². The van der Waals surface area contributed by atoms with Crippen molar-refractivity contribution in [2.45, 2.75) is 29.9 Å². The van der Waals surface area contributed by atoms with Gasteiger partial charge < -0.3 is 10.2 Å². The summed E-state index contributed by atoms with van der Waals surface area (Å²) in [6.45, 7) is 1.72. The lowest BCUT2D eigenvalue weighted by Crippen LogP contribution is -1.92. The number of hydrogen-bond donors (Lipinski definition) is 2. The zero-order chi connectivity index (χ0) is 13.8. The van der Waals surface area contributed by atoms with Gasteiger partial charge in [-0.1, -0.05) is 23.9 Å². The number of hydrogen-bond acceptors (Lipinski definition) is 3. The molecule has 2 rings (SSSR count). The Morgan fingerprint density at radius 1 is 0.947 bits per heavy atom. The van der Waals surface area contributed by atoms with Crippen LogP contribution in [0.1, 0.15) is 16.7 Å². The van der Waals surface area contributed by atoms with Crippen molar-refractivity contribution < 1.29 is 14.6 Å². The van der Waals surface area contributed by atoms with Crippen LogP contribution in [0.25, 0.3) is 0 Å². The molecule has 0 saturated heterocycles. The maximum absolute atomic E-state index is 13.1. The molecule has 0 amide bonds. The highest BCUT2D eigenvalue weighted by molar-refractivity contribution is 7.99. The minimum atomic E-state index is -0.361. The summed E-state index contributed by atoms with van der Waals surface area (Å²) in [4.78, 5) is 1.72. The van der Waals surface area contributed by atoms with E-state index in [0.717, 1.165) is 20.9 Å². The normalized spacial score (nSPS) is 10.7. The minimum absolute atomic E-state index is 0.0434. The first-order valence-corrected chi connectivity index (χ1v) is 6.73. The van der Waals surface area contributed by atoms with Gasteiger partial charge in [-0.15, -0.1) is 0 Å². The third-order valence-electron chi connectivity index (χ3n) is 2.81. The van der Waals surface area contributed by atoms with E-state index in [9.17, 15) is 14.6 Å². The van der Waals surface area contributed by atoms with E-state index in [0.29, 0.717) is 5.56 Å². The number of aliphatic hydroxyl groups excluding tert-OH is 2. The molecule has 0 atom stereocenters. The SMILES string of the molecule is Cc1ccc(CO)c(Sc2ccc(F)cc2CO)c1. The van der Waals surface area contributed by atoms with Gasteiger partial charge in [0.25, 0.3) is 0 Å². The van der Waals surface area contributed by atoms with Gasteiger partial charge in [0, 0.05) is 9.79 Å². The van der Waals surface area contributed by atoms with Crippen LogP contribution in [0.4, 0.5) is 4.39 Å². The highest BCUT2D eigenvalue weighted by Crippen LogP contribution is 2.34. The summed E-state index contributed by atoms with van der Waals surface area (Å²) in [5.74, 6) is -0.361. The van der Waals surface area contributed by atoms with Gasteiger partial charge in [0.1, 0.15) is 5.82 Å².